The number of nitro groups is 1. The van der Waals surface area contributed by atoms with Gasteiger partial charge in [-0.3, -0.25) is 24.6 Å². The highest BCUT2D eigenvalue weighted by Gasteiger charge is 2.49. The van der Waals surface area contributed by atoms with E-state index in [1.54, 1.807) is 6.07 Å². The number of imide groups is 1. The van der Waals surface area contributed by atoms with E-state index in [0.717, 1.165) is 4.90 Å². The van der Waals surface area contributed by atoms with Gasteiger partial charge in [0.25, 0.3) is 11.6 Å². The van der Waals surface area contributed by atoms with Crippen molar-refractivity contribution in [2.45, 2.75) is 12.5 Å². The first kappa shape index (κ1) is 20.8. The van der Waals surface area contributed by atoms with Crippen LogP contribution in [0.15, 0.2) is 42.5 Å². The molecule has 1 saturated heterocycles. The van der Waals surface area contributed by atoms with Gasteiger partial charge in [-0.05, 0) is 30.7 Å². The minimum atomic E-state index is -1.53. The molecule has 0 aromatic heterocycles. The molecule has 30 heavy (non-hydrogen) atoms. The van der Waals surface area contributed by atoms with Gasteiger partial charge in [-0.2, -0.15) is 0 Å². The van der Waals surface area contributed by atoms with Crippen LogP contribution >= 0.6 is 0 Å². The number of hydrogen-bond donors (Lipinski definition) is 1. The summed E-state index contributed by atoms with van der Waals surface area (Å²) in [7, 11) is 2.88. The third-order valence-electron chi connectivity index (χ3n) is 4.92. The lowest BCUT2D eigenvalue weighted by Gasteiger charge is -2.22. The second-order valence-corrected chi connectivity index (χ2v) is 6.75. The van der Waals surface area contributed by atoms with Crippen LogP contribution in [0.1, 0.15) is 22.8 Å². The standard InChI is InChI=1S/C20H19N3O7/c1-20(13-5-4-6-14(10-13)23(27)28)18(25)22(19(26)21-20)11-15(24)12-7-8-16(29-2)17(9-12)30-3/h4-10H,11H2,1-3H3,(H,21,26). The Balaban J connectivity index is 1.85. The van der Waals surface area contributed by atoms with Crippen molar-refractivity contribution in [2.24, 2.45) is 0 Å². The van der Waals surface area contributed by atoms with Gasteiger partial charge in [0.05, 0.1) is 25.7 Å². The summed E-state index contributed by atoms with van der Waals surface area (Å²) in [5, 5.41) is 13.6. The summed E-state index contributed by atoms with van der Waals surface area (Å²) >= 11 is 0. The molecule has 2 aromatic carbocycles. The molecule has 1 heterocycles. The maximum absolute atomic E-state index is 13.0. The number of hydrogen-bond acceptors (Lipinski definition) is 7. The molecule has 156 valence electrons. The number of nitro benzene ring substituents is 1. The fraction of sp³-hybridized carbons (Fsp3) is 0.250. The summed E-state index contributed by atoms with van der Waals surface area (Å²) in [6.45, 7) is 0.942. The van der Waals surface area contributed by atoms with Gasteiger partial charge < -0.3 is 14.8 Å². The fourth-order valence-electron chi connectivity index (χ4n) is 3.21. The minimum absolute atomic E-state index is 0.212. The highest BCUT2D eigenvalue weighted by Crippen LogP contribution is 2.32. The highest BCUT2D eigenvalue weighted by atomic mass is 16.6. The molecule has 3 amide bonds. The molecule has 1 aliphatic rings. The van der Waals surface area contributed by atoms with Crippen molar-refractivity contribution in [1.82, 2.24) is 10.2 Å². The van der Waals surface area contributed by atoms with Gasteiger partial charge >= 0.3 is 6.03 Å². The number of ether oxygens (including phenoxy) is 2. The number of ketones is 1. The predicted octanol–water partition coefficient (Wildman–Crippen LogP) is 2.26. The van der Waals surface area contributed by atoms with Crippen molar-refractivity contribution < 1.29 is 28.8 Å². The number of Topliss-reactive ketones (excluding diaryl/α,β-unsaturated/α-hetero) is 1. The molecule has 1 atom stereocenters. The average Bonchev–Trinajstić information content (AvgIpc) is 2.97. The summed E-state index contributed by atoms with van der Waals surface area (Å²) in [6, 6.07) is 9.18. The van der Waals surface area contributed by atoms with Crippen molar-refractivity contribution in [3.8, 4) is 11.5 Å². The zero-order valence-electron chi connectivity index (χ0n) is 16.5. The fourth-order valence-corrected chi connectivity index (χ4v) is 3.21. The Bertz CT molecular complexity index is 1050. The summed E-state index contributed by atoms with van der Waals surface area (Å²) in [5.41, 5.74) is -1.26. The first-order valence-electron chi connectivity index (χ1n) is 8.85. The van der Waals surface area contributed by atoms with E-state index in [4.69, 9.17) is 9.47 Å². The molecule has 1 fully saturated rings. The van der Waals surface area contributed by atoms with E-state index in [0.29, 0.717) is 11.5 Å². The molecule has 0 aliphatic carbocycles. The molecule has 0 saturated carbocycles. The van der Waals surface area contributed by atoms with Crippen molar-refractivity contribution in [3.05, 3.63) is 63.7 Å². The average molecular weight is 413 g/mol. The van der Waals surface area contributed by atoms with E-state index >= 15 is 0 Å². The lowest BCUT2D eigenvalue weighted by Crippen LogP contribution is -2.41. The lowest BCUT2D eigenvalue weighted by atomic mass is 9.91. The van der Waals surface area contributed by atoms with Gasteiger partial charge in [0.2, 0.25) is 0 Å². The number of non-ortho nitro benzene ring substituents is 1. The second kappa shape index (κ2) is 7.82. The maximum atomic E-state index is 13.0. The molecule has 10 nitrogen and oxygen atoms in total. The number of carbonyl (C=O) groups excluding carboxylic acids is 3. The Morgan fingerprint density at radius 3 is 2.47 bits per heavy atom. The maximum Gasteiger partial charge on any atom is 0.325 e. The third kappa shape index (κ3) is 3.54. The number of nitrogens with one attached hydrogen (secondary N) is 1. The Morgan fingerprint density at radius 1 is 1.13 bits per heavy atom. The van der Waals surface area contributed by atoms with Gasteiger partial charge in [0.1, 0.15) is 5.54 Å². The van der Waals surface area contributed by atoms with E-state index < -0.39 is 34.7 Å². The molecular weight excluding hydrogens is 394 g/mol. The minimum Gasteiger partial charge on any atom is -0.493 e. The predicted molar refractivity (Wildman–Crippen MR) is 105 cm³/mol. The van der Waals surface area contributed by atoms with Crippen molar-refractivity contribution in [2.75, 3.05) is 20.8 Å². The Kier molecular flexibility index (Phi) is 5.41. The van der Waals surface area contributed by atoms with Crippen LogP contribution in [0.25, 0.3) is 0 Å². The summed E-state index contributed by atoms with van der Waals surface area (Å²) in [4.78, 5) is 49.4. The second-order valence-electron chi connectivity index (χ2n) is 6.75. The van der Waals surface area contributed by atoms with Gasteiger partial charge in [0.15, 0.2) is 17.3 Å². The monoisotopic (exact) mass is 413 g/mol. The van der Waals surface area contributed by atoms with Crippen LogP contribution in [-0.2, 0) is 10.3 Å². The van der Waals surface area contributed by atoms with Crippen LogP contribution in [0.5, 0.6) is 11.5 Å². The number of methoxy groups -OCH3 is 2. The Hall–Kier alpha value is -3.95. The van der Waals surface area contributed by atoms with Crippen LogP contribution in [0.2, 0.25) is 0 Å². The van der Waals surface area contributed by atoms with Crippen LogP contribution in [-0.4, -0.2) is 48.3 Å². The molecule has 1 aliphatic heterocycles. The number of nitrogens with zero attached hydrogens (tertiary/aromatic N) is 2. The third-order valence-corrected chi connectivity index (χ3v) is 4.92. The van der Waals surface area contributed by atoms with Crippen LogP contribution in [0, 0.1) is 10.1 Å². The number of amides is 3. The first-order valence-corrected chi connectivity index (χ1v) is 8.85. The molecule has 3 rings (SSSR count). The van der Waals surface area contributed by atoms with Crippen LogP contribution in [0.4, 0.5) is 10.5 Å². The van der Waals surface area contributed by atoms with Gasteiger partial charge in [-0.15, -0.1) is 0 Å². The Morgan fingerprint density at radius 2 is 1.83 bits per heavy atom. The van der Waals surface area contributed by atoms with Gasteiger partial charge in [-0.1, -0.05) is 12.1 Å². The molecule has 0 radical (unpaired) electrons. The number of benzene rings is 2. The Labute approximate surface area is 171 Å². The first-order chi connectivity index (χ1) is 14.2. The highest BCUT2D eigenvalue weighted by molar-refractivity contribution is 6.11. The quantitative estimate of drug-likeness (QED) is 0.319. The number of rotatable bonds is 7. The van der Waals surface area contributed by atoms with Crippen molar-refractivity contribution >= 4 is 23.4 Å². The molecule has 0 spiro atoms. The summed E-state index contributed by atoms with van der Waals surface area (Å²) in [5.74, 6) is -0.395. The van der Waals surface area contributed by atoms with Crippen LogP contribution in [0.3, 0.4) is 0 Å². The number of carbonyl (C=O) groups is 3. The largest absolute Gasteiger partial charge is 0.493 e. The summed E-state index contributed by atoms with van der Waals surface area (Å²) < 4.78 is 10.3. The lowest BCUT2D eigenvalue weighted by molar-refractivity contribution is -0.385. The zero-order chi connectivity index (χ0) is 22.1. The molecule has 1 unspecified atom stereocenters. The smallest absolute Gasteiger partial charge is 0.325 e. The zero-order valence-corrected chi connectivity index (χ0v) is 16.5. The van der Waals surface area contributed by atoms with Gasteiger partial charge in [-0.25, -0.2) is 4.79 Å². The van der Waals surface area contributed by atoms with Crippen molar-refractivity contribution in [3.63, 3.8) is 0 Å². The normalized spacial score (nSPS) is 18.2. The number of urea groups is 1. The molecule has 2 aromatic rings. The van der Waals surface area contributed by atoms with Crippen LogP contribution < -0.4 is 14.8 Å². The molecule has 10 heteroatoms. The topological polar surface area (TPSA) is 128 Å². The molecule has 1 N–H and O–H groups in total. The van der Waals surface area contributed by atoms with E-state index in [1.807, 2.05) is 0 Å². The van der Waals surface area contributed by atoms with E-state index in [-0.39, 0.29) is 16.8 Å². The van der Waals surface area contributed by atoms with Gasteiger partial charge in [0, 0.05) is 17.7 Å². The molecule has 0 bridgehead atoms. The molecular formula is C20H19N3O7. The van der Waals surface area contributed by atoms with Crippen molar-refractivity contribution in [1.29, 1.82) is 0 Å². The van der Waals surface area contributed by atoms with E-state index in [1.165, 1.54) is 57.5 Å². The summed E-state index contributed by atoms with van der Waals surface area (Å²) in [6.07, 6.45) is 0. The SMILES string of the molecule is COc1ccc(C(=O)CN2C(=O)NC(C)(c3cccc([N+](=O)[O-])c3)C2=O)cc1OC. The van der Waals surface area contributed by atoms with E-state index in [2.05, 4.69) is 5.32 Å². The van der Waals surface area contributed by atoms with E-state index in [9.17, 15) is 24.5 Å².